The van der Waals surface area contributed by atoms with Crippen molar-refractivity contribution in [1.29, 1.82) is 0 Å². The fraction of sp³-hybridized carbons (Fsp3) is 0.556. The number of carbonyl (C=O) groups is 2. The lowest BCUT2D eigenvalue weighted by molar-refractivity contribution is -0.122. The van der Waals surface area contributed by atoms with Crippen LogP contribution < -0.4 is 5.32 Å². The van der Waals surface area contributed by atoms with Crippen LogP contribution in [0.1, 0.15) is 61.4 Å². The third kappa shape index (κ3) is 4.16. The molecule has 2 rings (SSSR count). The molecule has 0 bridgehead atoms. The van der Waals surface area contributed by atoms with Gasteiger partial charge in [0.25, 0.3) is 5.91 Å². The zero-order valence-electron chi connectivity index (χ0n) is 13.0. The van der Waals surface area contributed by atoms with Crippen molar-refractivity contribution in [3.05, 3.63) is 35.4 Å². The maximum Gasteiger partial charge on any atom is 0.251 e. The summed E-state index contributed by atoms with van der Waals surface area (Å²) >= 11 is 0. The zero-order valence-corrected chi connectivity index (χ0v) is 13.0. The van der Waals surface area contributed by atoms with Gasteiger partial charge in [-0.25, -0.2) is 0 Å². The number of hydrogen-bond donors (Lipinski definition) is 1. The monoisotopic (exact) mass is 287 g/mol. The summed E-state index contributed by atoms with van der Waals surface area (Å²) in [6, 6.07) is 7.19. The summed E-state index contributed by atoms with van der Waals surface area (Å²) in [6.07, 6.45) is 6.15. The predicted molar refractivity (Wildman–Crippen MR) is 84.3 cm³/mol. The molecule has 3 nitrogen and oxygen atoms in total. The molecule has 0 radical (unpaired) electrons. The highest BCUT2D eigenvalue weighted by atomic mass is 16.2. The average Bonchev–Trinajstić information content (AvgIpc) is 2.52. The molecule has 0 unspecified atom stereocenters. The first-order valence-corrected chi connectivity index (χ1v) is 8.02. The number of amides is 1. The molecule has 1 aromatic carbocycles. The number of rotatable bonds is 5. The van der Waals surface area contributed by atoms with Crippen LogP contribution in [0, 0.1) is 12.8 Å². The summed E-state index contributed by atoms with van der Waals surface area (Å²) in [5.41, 5.74) is 1.69. The number of carbonyl (C=O) groups excluding carboxylic acids is 2. The fourth-order valence-corrected chi connectivity index (χ4v) is 3.16. The molecule has 0 saturated heterocycles. The first-order valence-electron chi connectivity index (χ1n) is 8.02. The van der Waals surface area contributed by atoms with Gasteiger partial charge in [-0.2, -0.15) is 0 Å². The van der Waals surface area contributed by atoms with Gasteiger partial charge in [0.15, 0.2) is 5.78 Å². The minimum atomic E-state index is -0.316. The van der Waals surface area contributed by atoms with Crippen molar-refractivity contribution in [3.8, 4) is 0 Å². The fourth-order valence-electron chi connectivity index (χ4n) is 3.16. The SMILES string of the molecule is CCC(=O)[C@H](NC(=O)c1cccc(C)c1)C1CCCCC1. The van der Waals surface area contributed by atoms with E-state index in [2.05, 4.69) is 5.32 Å². The lowest BCUT2D eigenvalue weighted by Gasteiger charge is -2.29. The third-order valence-electron chi connectivity index (χ3n) is 4.38. The highest BCUT2D eigenvalue weighted by molar-refractivity contribution is 5.98. The molecule has 21 heavy (non-hydrogen) atoms. The van der Waals surface area contributed by atoms with Crippen molar-refractivity contribution in [2.45, 2.75) is 58.4 Å². The second kappa shape index (κ2) is 7.39. The van der Waals surface area contributed by atoms with E-state index in [4.69, 9.17) is 0 Å². The lowest BCUT2D eigenvalue weighted by atomic mass is 9.81. The molecule has 0 aromatic heterocycles. The third-order valence-corrected chi connectivity index (χ3v) is 4.38. The maximum absolute atomic E-state index is 12.4. The van der Waals surface area contributed by atoms with Crippen LogP contribution in [0.25, 0.3) is 0 Å². The van der Waals surface area contributed by atoms with Crippen LogP contribution in [0.3, 0.4) is 0 Å². The summed E-state index contributed by atoms with van der Waals surface area (Å²) in [5, 5.41) is 2.99. The van der Waals surface area contributed by atoms with Crippen molar-refractivity contribution in [1.82, 2.24) is 5.32 Å². The Kier molecular flexibility index (Phi) is 5.54. The molecular formula is C18H25NO2. The Morgan fingerprint density at radius 3 is 2.57 bits per heavy atom. The number of Topliss-reactive ketones (excluding diaryl/α,β-unsaturated/α-hetero) is 1. The molecule has 1 fully saturated rings. The van der Waals surface area contributed by atoms with Crippen molar-refractivity contribution >= 4 is 11.7 Å². The highest BCUT2D eigenvalue weighted by Crippen LogP contribution is 2.27. The highest BCUT2D eigenvalue weighted by Gasteiger charge is 2.29. The van der Waals surface area contributed by atoms with Crippen LogP contribution in [0.4, 0.5) is 0 Å². The number of hydrogen-bond acceptors (Lipinski definition) is 2. The Bertz CT molecular complexity index is 504. The van der Waals surface area contributed by atoms with Gasteiger partial charge in [-0.3, -0.25) is 9.59 Å². The van der Waals surface area contributed by atoms with Crippen LogP contribution in [0.5, 0.6) is 0 Å². The van der Waals surface area contributed by atoms with E-state index in [0.29, 0.717) is 17.9 Å². The van der Waals surface area contributed by atoms with Gasteiger partial charge in [-0.15, -0.1) is 0 Å². The summed E-state index contributed by atoms with van der Waals surface area (Å²) in [5.74, 6) is 0.332. The van der Waals surface area contributed by atoms with Crippen molar-refractivity contribution < 1.29 is 9.59 Å². The van der Waals surface area contributed by atoms with Gasteiger partial charge in [0, 0.05) is 12.0 Å². The zero-order chi connectivity index (χ0) is 15.2. The smallest absolute Gasteiger partial charge is 0.251 e. The standard InChI is InChI=1S/C18H25NO2/c1-3-16(20)17(14-9-5-4-6-10-14)19-18(21)15-11-7-8-13(2)12-15/h7-8,11-12,14,17H,3-6,9-10H2,1-2H3,(H,19,21)/t17-/m1/s1. The van der Waals surface area contributed by atoms with Gasteiger partial charge in [-0.1, -0.05) is 43.9 Å². The van der Waals surface area contributed by atoms with Crippen molar-refractivity contribution in [3.63, 3.8) is 0 Å². The molecule has 1 aliphatic rings. The van der Waals surface area contributed by atoms with Gasteiger partial charge in [0.1, 0.15) is 0 Å². The van der Waals surface area contributed by atoms with Gasteiger partial charge in [-0.05, 0) is 37.8 Å². The molecule has 1 atom stereocenters. The van der Waals surface area contributed by atoms with E-state index < -0.39 is 0 Å². The predicted octanol–water partition coefficient (Wildman–Crippen LogP) is 3.65. The van der Waals surface area contributed by atoms with Crippen LogP contribution in [-0.2, 0) is 4.79 Å². The summed E-state index contributed by atoms with van der Waals surface area (Å²) in [6.45, 7) is 3.84. The van der Waals surface area contributed by atoms with E-state index in [1.807, 2.05) is 32.0 Å². The topological polar surface area (TPSA) is 46.2 Å². The Morgan fingerprint density at radius 1 is 1.24 bits per heavy atom. The Balaban J connectivity index is 2.10. The summed E-state index contributed by atoms with van der Waals surface area (Å²) in [7, 11) is 0. The maximum atomic E-state index is 12.4. The number of ketones is 1. The second-order valence-corrected chi connectivity index (χ2v) is 6.04. The van der Waals surface area contributed by atoms with E-state index in [-0.39, 0.29) is 17.7 Å². The molecule has 1 aliphatic carbocycles. The molecule has 1 amide bonds. The molecule has 1 N–H and O–H groups in total. The molecular weight excluding hydrogens is 262 g/mol. The number of aryl methyl sites for hydroxylation is 1. The van der Waals surface area contributed by atoms with Gasteiger partial charge < -0.3 is 5.32 Å². The second-order valence-electron chi connectivity index (χ2n) is 6.04. The Morgan fingerprint density at radius 2 is 1.95 bits per heavy atom. The Labute approximate surface area is 127 Å². The Hall–Kier alpha value is -1.64. The quantitative estimate of drug-likeness (QED) is 0.898. The molecule has 1 saturated carbocycles. The van der Waals surface area contributed by atoms with E-state index in [9.17, 15) is 9.59 Å². The van der Waals surface area contributed by atoms with Crippen LogP contribution in [-0.4, -0.2) is 17.7 Å². The summed E-state index contributed by atoms with van der Waals surface area (Å²) in [4.78, 5) is 24.6. The van der Waals surface area contributed by atoms with E-state index in [1.165, 1.54) is 19.3 Å². The molecule has 1 aromatic rings. The van der Waals surface area contributed by atoms with Crippen LogP contribution in [0.2, 0.25) is 0 Å². The molecule has 0 spiro atoms. The largest absolute Gasteiger partial charge is 0.342 e. The van der Waals surface area contributed by atoms with Crippen LogP contribution in [0.15, 0.2) is 24.3 Å². The first-order chi connectivity index (χ1) is 10.1. The number of nitrogens with one attached hydrogen (secondary N) is 1. The van der Waals surface area contributed by atoms with Crippen molar-refractivity contribution in [2.24, 2.45) is 5.92 Å². The van der Waals surface area contributed by atoms with Crippen LogP contribution >= 0.6 is 0 Å². The van der Waals surface area contributed by atoms with E-state index in [1.54, 1.807) is 6.07 Å². The van der Waals surface area contributed by atoms with E-state index in [0.717, 1.165) is 18.4 Å². The first kappa shape index (κ1) is 15.7. The van der Waals surface area contributed by atoms with Gasteiger partial charge in [0.2, 0.25) is 0 Å². The van der Waals surface area contributed by atoms with E-state index >= 15 is 0 Å². The molecule has 0 heterocycles. The normalized spacial score (nSPS) is 17.2. The minimum absolute atomic E-state index is 0.129. The van der Waals surface area contributed by atoms with Crippen molar-refractivity contribution in [2.75, 3.05) is 0 Å². The van der Waals surface area contributed by atoms with Gasteiger partial charge >= 0.3 is 0 Å². The number of benzene rings is 1. The summed E-state index contributed by atoms with van der Waals surface area (Å²) < 4.78 is 0. The molecule has 3 heteroatoms. The molecule has 114 valence electrons. The lowest BCUT2D eigenvalue weighted by Crippen LogP contribution is -2.46. The average molecular weight is 287 g/mol. The minimum Gasteiger partial charge on any atom is -0.342 e. The van der Waals surface area contributed by atoms with Gasteiger partial charge in [0.05, 0.1) is 6.04 Å². The molecule has 0 aliphatic heterocycles.